The summed E-state index contributed by atoms with van der Waals surface area (Å²) in [4.78, 5) is 37.8. The third-order valence-corrected chi connectivity index (χ3v) is 5.63. The van der Waals surface area contributed by atoms with Gasteiger partial charge in [-0.25, -0.2) is 0 Å². The Morgan fingerprint density at radius 1 is 0.971 bits per heavy atom. The van der Waals surface area contributed by atoms with Gasteiger partial charge in [0.15, 0.2) is 11.6 Å². The minimum Gasteiger partial charge on any atom is -0.458 e. The molecule has 0 fully saturated rings. The number of allylic oxidation sites excluding steroid dienone is 1. The quantitative estimate of drug-likeness (QED) is 0.329. The minimum absolute atomic E-state index is 0.0589. The van der Waals surface area contributed by atoms with Crippen LogP contribution in [0, 0.1) is 23.7 Å². The Labute approximate surface area is 217 Å². The summed E-state index contributed by atoms with van der Waals surface area (Å²) in [6, 6.07) is 0. The van der Waals surface area contributed by atoms with E-state index in [9.17, 15) is 19.5 Å². The number of aliphatic hydroxyl groups is 1. The van der Waals surface area contributed by atoms with Crippen molar-refractivity contribution in [2.45, 2.75) is 128 Å². The summed E-state index contributed by atoms with van der Waals surface area (Å²) < 4.78 is 11.0. The second-order valence-electron chi connectivity index (χ2n) is 8.02. The topological polar surface area (TPSA) is 89.9 Å². The molecule has 0 spiro atoms. The van der Waals surface area contributed by atoms with Crippen LogP contribution in [0.2, 0.25) is 0 Å². The number of esters is 1. The molecule has 1 aliphatic rings. The molecule has 0 aromatic heterocycles. The van der Waals surface area contributed by atoms with Gasteiger partial charge in [-0.05, 0) is 44.8 Å². The van der Waals surface area contributed by atoms with Crippen molar-refractivity contribution < 1.29 is 29.0 Å². The zero-order valence-electron chi connectivity index (χ0n) is 25.5. The molecular weight excluding hydrogens is 444 g/mol. The van der Waals surface area contributed by atoms with E-state index in [4.69, 9.17) is 9.47 Å². The smallest absolute Gasteiger partial charge is 0.316 e. The first-order valence-electron chi connectivity index (χ1n) is 13.7. The molecule has 7 atom stereocenters. The van der Waals surface area contributed by atoms with Crippen LogP contribution in [0.15, 0.2) is 12.2 Å². The average molecular weight is 503 g/mol. The van der Waals surface area contributed by atoms with Crippen molar-refractivity contribution in [3.8, 4) is 0 Å². The molecule has 1 heterocycles. The van der Waals surface area contributed by atoms with Crippen LogP contribution < -0.4 is 0 Å². The van der Waals surface area contributed by atoms with Gasteiger partial charge in [0.1, 0.15) is 17.6 Å². The van der Waals surface area contributed by atoms with Gasteiger partial charge in [-0.3, -0.25) is 14.4 Å². The zero-order valence-corrected chi connectivity index (χ0v) is 25.5. The van der Waals surface area contributed by atoms with Gasteiger partial charge in [0.25, 0.3) is 0 Å². The van der Waals surface area contributed by atoms with E-state index < -0.39 is 35.6 Å². The summed E-state index contributed by atoms with van der Waals surface area (Å²) in [5.41, 5.74) is -1.50. The summed E-state index contributed by atoms with van der Waals surface area (Å²) in [5.74, 6) is -2.88. The number of methoxy groups -OCH3 is 1. The average Bonchev–Trinajstić information content (AvgIpc) is 2.89. The number of hydrogen-bond donors (Lipinski definition) is 1. The Morgan fingerprint density at radius 3 is 1.83 bits per heavy atom. The van der Waals surface area contributed by atoms with E-state index in [0.717, 1.165) is 0 Å². The van der Waals surface area contributed by atoms with Gasteiger partial charge in [-0.2, -0.15) is 0 Å². The molecule has 6 nitrogen and oxygen atoms in total. The molecule has 0 bridgehead atoms. The molecule has 35 heavy (non-hydrogen) atoms. The second-order valence-corrected chi connectivity index (χ2v) is 8.02. The number of ketones is 2. The molecule has 0 amide bonds. The number of ether oxygens (including phenoxy) is 2. The molecule has 0 radical (unpaired) electrons. The maximum atomic E-state index is 12.8. The maximum absolute atomic E-state index is 12.8. The van der Waals surface area contributed by atoms with Crippen molar-refractivity contribution in [2.24, 2.45) is 23.7 Å². The number of carbonyl (C=O) groups is 3. The molecule has 1 rings (SSSR count). The monoisotopic (exact) mass is 502 g/mol. The van der Waals surface area contributed by atoms with Crippen molar-refractivity contribution in [1.82, 2.24) is 0 Å². The van der Waals surface area contributed by atoms with Crippen LogP contribution in [0.1, 0.15) is 110 Å². The zero-order chi connectivity index (χ0) is 28.9. The Hall–Kier alpha value is -1.53. The van der Waals surface area contributed by atoms with Gasteiger partial charge in [0.05, 0.1) is 6.10 Å². The molecule has 1 aliphatic heterocycles. The molecule has 0 unspecified atom stereocenters. The van der Waals surface area contributed by atoms with Gasteiger partial charge >= 0.3 is 5.97 Å². The lowest BCUT2D eigenvalue weighted by molar-refractivity contribution is -0.167. The van der Waals surface area contributed by atoms with Crippen molar-refractivity contribution in [1.29, 1.82) is 0 Å². The highest BCUT2D eigenvalue weighted by atomic mass is 16.6. The Balaban J connectivity index is -0.000000542. The molecule has 210 valence electrons. The second kappa shape index (κ2) is 22.9. The third kappa shape index (κ3) is 14.0. The SMILES string of the molecule is CC.CC.CC.CC.CC[C@H]1OC(=O)[C@H](C)C(=O)[C@H](C)[C@@H](OC)[C@@H](C)C[C@@H](C)C(=O)/C=C/[C@]1(C)O. The molecule has 0 aliphatic carbocycles. The van der Waals surface area contributed by atoms with E-state index in [1.807, 2.05) is 69.2 Å². The van der Waals surface area contributed by atoms with Crippen molar-refractivity contribution in [2.75, 3.05) is 7.11 Å². The maximum Gasteiger partial charge on any atom is 0.316 e. The molecule has 0 saturated heterocycles. The van der Waals surface area contributed by atoms with Gasteiger partial charge in [0, 0.05) is 18.9 Å². The predicted octanol–water partition coefficient (Wildman–Crippen LogP) is 6.82. The fourth-order valence-electron chi connectivity index (χ4n) is 3.79. The highest BCUT2D eigenvalue weighted by molar-refractivity contribution is 6.00. The lowest BCUT2D eigenvalue weighted by atomic mass is 9.81. The molecule has 1 N–H and O–H groups in total. The van der Waals surface area contributed by atoms with E-state index in [-0.39, 0.29) is 23.4 Å². The molecule has 0 aromatic carbocycles. The molecule has 0 saturated carbocycles. The van der Waals surface area contributed by atoms with Crippen LogP contribution >= 0.6 is 0 Å². The lowest BCUT2D eigenvalue weighted by Gasteiger charge is -2.32. The first-order valence-corrected chi connectivity index (χ1v) is 13.7. The van der Waals surface area contributed by atoms with E-state index in [2.05, 4.69) is 0 Å². The summed E-state index contributed by atoms with van der Waals surface area (Å²) in [5, 5.41) is 10.7. The molecule has 0 aromatic rings. The summed E-state index contributed by atoms with van der Waals surface area (Å²) >= 11 is 0. The summed E-state index contributed by atoms with van der Waals surface area (Å²) in [6.07, 6.45) is 2.37. The molecular formula is C29H58O6. The van der Waals surface area contributed by atoms with Crippen LogP contribution in [0.25, 0.3) is 0 Å². The number of rotatable bonds is 2. The lowest BCUT2D eigenvalue weighted by Crippen LogP contribution is -2.44. The Kier molecular flexibility index (Phi) is 26.6. The summed E-state index contributed by atoms with van der Waals surface area (Å²) in [6.45, 7) is 26.3. The Morgan fingerprint density at radius 2 is 1.43 bits per heavy atom. The largest absolute Gasteiger partial charge is 0.458 e. The van der Waals surface area contributed by atoms with Crippen LogP contribution in [0.3, 0.4) is 0 Å². The highest BCUT2D eigenvalue weighted by Gasteiger charge is 2.39. The van der Waals surface area contributed by atoms with Crippen molar-refractivity contribution >= 4 is 17.5 Å². The Bertz CT molecular complexity index is 582. The number of Topliss-reactive ketones (excluding diaryl/α,β-unsaturated/α-hetero) is 1. The first-order chi connectivity index (χ1) is 16.5. The van der Waals surface area contributed by atoms with E-state index >= 15 is 0 Å². The number of cyclic esters (lactones) is 1. The first kappa shape index (κ1) is 40.6. The number of hydrogen-bond acceptors (Lipinski definition) is 6. The van der Waals surface area contributed by atoms with E-state index in [1.54, 1.807) is 13.8 Å². The van der Waals surface area contributed by atoms with Crippen LogP contribution in [0.4, 0.5) is 0 Å². The normalized spacial score (nSPS) is 32.3. The third-order valence-electron chi connectivity index (χ3n) is 5.63. The van der Waals surface area contributed by atoms with Crippen LogP contribution in [-0.2, 0) is 23.9 Å². The van der Waals surface area contributed by atoms with Crippen LogP contribution in [-0.4, -0.2) is 47.6 Å². The highest BCUT2D eigenvalue weighted by Crippen LogP contribution is 2.28. The number of carbonyl (C=O) groups excluding carboxylic acids is 3. The summed E-state index contributed by atoms with van der Waals surface area (Å²) in [7, 11) is 1.54. The fraction of sp³-hybridized carbons (Fsp3) is 0.828. The van der Waals surface area contributed by atoms with Gasteiger partial charge in [-0.15, -0.1) is 0 Å². The van der Waals surface area contributed by atoms with E-state index in [0.29, 0.717) is 12.8 Å². The van der Waals surface area contributed by atoms with Crippen molar-refractivity contribution in [3.63, 3.8) is 0 Å². The standard InChI is InChI=1S/C21H34O6.4C2H6/c1-8-17-21(6,25)10-9-16(22)12(2)11-13(3)19(26-7)14(4)18(23)15(5)20(24)27-17;4*1-2/h9-10,12-15,17,19,25H,8,11H2,1-7H3;4*1-2H3/b10-9+;;;;/t12-,13+,14+,15-,17-,19+,21+;;;;/m1..../s1. The van der Waals surface area contributed by atoms with Crippen molar-refractivity contribution in [3.05, 3.63) is 12.2 Å². The molecule has 6 heteroatoms. The van der Waals surface area contributed by atoms with E-state index in [1.165, 1.54) is 33.1 Å². The van der Waals surface area contributed by atoms with Gasteiger partial charge in [0.2, 0.25) is 0 Å². The van der Waals surface area contributed by atoms with Crippen LogP contribution in [0.5, 0.6) is 0 Å². The van der Waals surface area contributed by atoms with Gasteiger partial charge in [-0.1, -0.05) is 83.1 Å². The van der Waals surface area contributed by atoms with Gasteiger partial charge < -0.3 is 14.6 Å². The minimum atomic E-state index is -1.50. The predicted molar refractivity (Wildman–Crippen MR) is 147 cm³/mol. The fourth-order valence-corrected chi connectivity index (χ4v) is 3.79.